The summed E-state index contributed by atoms with van der Waals surface area (Å²) in [6.45, 7) is 1.20. The first-order valence-corrected chi connectivity index (χ1v) is 10.3. The third-order valence-corrected chi connectivity index (χ3v) is 4.75. The van der Waals surface area contributed by atoms with Crippen molar-refractivity contribution in [2.45, 2.75) is 19.8 Å². The van der Waals surface area contributed by atoms with Gasteiger partial charge in [0.25, 0.3) is 0 Å². The summed E-state index contributed by atoms with van der Waals surface area (Å²) in [4.78, 5) is 20.7. The van der Waals surface area contributed by atoms with E-state index in [1.54, 1.807) is 18.5 Å². The van der Waals surface area contributed by atoms with Gasteiger partial charge in [-0.05, 0) is 41.5 Å². The summed E-state index contributed by atoms with van der Waals surface area (Å²) in [7, 11) is 0. The maximum atomic E-state index is 12.1. The largest absolute Gasteiger partial charge is 0.487 e. The van der Waals surface area contributed by atoms with Gasteiger partial charge in [0.05, 0.1) is 5.69 Å². The number of pyridine rings is 1. The zero-order valence-corrected chi connectivity index (χ0v) is 17.5. The van der Waals surface area contributed by atoms with E-state index in [0.717, 1.165) is 22.6 Å². The summed E-state index contributed by atoms with van der Waals surface area (Å²) >= 11 is 0. The smallest absolute Gasteiger partial charge is 0.331 e. The standard InChI is InChI=1S/C26H23N3O3/c30-26(32-20-25-28-16-17-29(25)18-22-6-2-1-3-7-22)14-11-21-9-12-24(13-10-21)31-19-23-8-4-5-15-27-23/h1-17H,18-20H2. The molecular weight excluding hydrogens is 402 g/mol. The summed E-state index contributed by atoms with van der Waals surface area (Å²) in [6, 6.07) is 23.2. The van der Waals surface area contributed by atoms with Crippen molar-refractivity contribution in [2.24, 2.45) is 0 Å². The molecule has 0 aliphatic rings. The Kier molecular flexibility index (Phi) is 7.06. The molecule has 0 aliphatic heterocycles. The van der Waals surface area contributed by atoms with E-state index in [4.69, 9.17) is 9.47 Å². The molecule has 0 unspecified atom stereocenters. The molecule has 32 heavy (non-hydrogen) atoms. The molecule has 160 valence electrons. The van der Waals surface area contributed by atoms with Crippen molar-refractivity contribution in [3.8, 4) is 5.75 Å². The van der Waals surface area contributed by atoms with E-state index >= 15 is 0 Å². The molecule has 0 atom stereocenters. The van der Waals surface area contributed by atoms with Crippen LogP contribution in [0.1, 0.15) is 22.6 Å². The zero-order chi connectivity index (χ0) is 22.0. The molecule has 0 N–H and O–H groups in total. The van der Waals surface area contributed by atoms with Crippen molar-refractivity contribution in [1.82, 2.24) is 14.5 Å². The fourth-order valence-electron chi connectivity index (χ4n) is 3.07. The van der Waals surface area contributed by atoms with E-state index in [0.29, 0.717) is 19.0 Å². The average Bonchev–Trinajstić information content (AvgIpc) is 3.29. The highest BCUT2D eigenvalue weighted by Crippen LogP contribution is 2.15. The van der Waals surface area contributed by atoms with Crippen LogP contribution in [0.25, 0.3) is 6.08 Å². The highest BCUT2D eigenvalue weighted by atomic mass is 16.5. The van der Waals surface area contributed by atoms with Crippen LogP contribution in [0.3, 0.4) is 0 Å². The molecule has 4 rings (SSSR count). The van der Waals surface area contributed by atoms with Crippen LogP contribution in [0.5, 0.6) is 5.75 Å². The molecule has 2 heterocycles. The number of hydrogen-bond donors (Lipinski definition) is 0. The number of aromatic nitrogens is 3. The summed E-state index contributed by atoms with van der Waals surface area (Å²) < 4.78 is 13.0. The zero-order valence-electron chi connectivity index (χ0n) is 17.5. The highest BCUT2D eigenvalue weighted by molar-refractivity contribution is 5.87. The summed E-state index contributed by atoms with van der Waals surface area (Å²) in [6.07, 6.45) is 8.45. The number of imidazole rings is 1. The summed E-state index contributed by atoms with van der Waals surface area (Å²) in [5, 5.41) is 0. The van der Waals surface area contributed by atoms with E-state index in [-0.39, 0.29) is 6.61 Å². The van der Waals surface area contributed by atoms with Crippen LogP contribution in [0.4, 0.5) is 0 Å². The van der Waals surface area contributed by atoms with E-state index < -0.39 is 5.97 Å². The first-order valence-electron chi connectivity index (χ1n) is 10.3. The number of hydrogen-bond acceptors (Lipinski definition) is 5. The second-order valence-corrected chi connectivity index (χ2v) is 7.08. The van der Waals surface area contributed by atoms with E-state index in [1.807, 2.05) is 83.6 Å². The average molecular weight is 425 g/mol. The van der Waals surface area contributed by atoms with E-state index in [2.05, 4.69) is 9.97 Å². The molecule has 2 aromatic heterocycles. The number of esters is 1. The van der Waals surface area contributed by atoms with Crippen molar-refractivity contribution in [3.05, 3.63) is 120 Å². The van der Waals surface area contributed by atoms with Gasteiger partial charge in [0.2, 0.25) is 0 Å². The Balaban J connectivity index is 1.25. The monoisotopic (exact) mass is 425 g/mol. The van der Waals surface area contributed by atoms with Crippen molar-refractivity contribution in [2.75, 3.05) is 0 Å². The minimum absolute atomic E-state index is 0.114. The summed E-state index contributed by atoms with van der Waals surface area (Å²) in [5.74, 6) is 1.01. The van der Waals surface area contributed by atoms with Gasteiger partial charge < -0.3 is 14.0 Å². The third-order valence-electron chi connectivity index (χ3n) is 4.75. The molecule has 0 spiro atoms. The van der Waals surface area contributed by atoms with Crippen molar-refractivity contribution < 1.29 is 14.3 Å². The van der Waals surface area contributed by atoms with Gasteiger partial charge in [-0.1, -0.05) is 48.5 Å². The Labute approximate surface area is 186 Å². The van der Waals surface area contributed by atoms with Gasteiger partial charge in [-0.2, -0.15) is 0 Å². The lowest BCUT2D eigenvalue weighted by Crippen LogP contribution is -2.08. The number of carbonyl (C=O) groups excluding carboxylic acids is 1. The Morgan fingerprint density at radius 1 is 0.875 bits per heavy atom. The maximum absolute atomic E-state index is 12.1. The molecule has 0 fully saturated rings. The Morgan fingerprint density at radius 3 is 2.47 bits per heavy atom. The fourth-order valence-corrected chi connectivity index (χ4v) is 3.07. The molecular formula is C26H23N3O3. The number of rotatable bonds is 9. The van der Waals surface area contributed by atoms with E-state index in [1.165, 1.54) is 6.08 Å². The minimum Gasteiger partial charge on any atom is -0.487 e. The van der Waals surface area contributed by atoms with Gasteiger partial charge in [0, 0.05) is 31.2 Å². The maximum Gasteiger partial charge on any atom is 0.331 e. The number of ether oxygens (including phenoxy) is 2. The first-order chi connectivity index (χ1) is 15.8. The van der Waals surface area contributed by atoms with Crippen LogP contribution in [0, 0.1) is 0 Å². The normalized spacial score (nSPS) is 10.9. The SMILES string of the molecule is O=C(C=Cc1ccc(OCc2ccccn2)cc1)OCc1nccn1Cc1ccccc1. The van der Waals surface area contributed by atoms with Crippen molar-refractivity contribution in [3.63, 3.8) is 0 Å². The second-order valence-electron chi connectivity index (χ2n) is 7.08. The van der Waals surface area contributed by atoms with Crippen LogP contribution >= 0.6 is 0 Å². The van der Waals surface area contributed by atoms with Gasteiger partial charge in [0.15, 0.2) is 0 Å². The molecule has 4 aromatic rings. The van der Waals surface area contributed by atoms with Crippen molar-refractivity contribution >= 4 is 12.0 Å². The Hall–Kier alpha value is -4.19. The van der Waals surface area contributed by atoms with E-state index in [9.17, 15) is 4.79 Å². The van der Waals surface area contributed by atoms with Gasteiger partial charge in [-0.25, -0.2) is 9.78 Å². The van der Waals surface area contributed by atoms with Crippen LogP contribution in [0.2, 0.25) is 0 Å². The molecule has 0 aliphatic carbocycles. The fraction of sp³-hybridized carbons (Fsp3) is 0.115. The number of benzene rings is 2. The second kappa shape index (κ2) is 10.7. The van der Waals surface area contributed by atoms with Crippen LogP contribution in [-0.2, 0) is 29.3 Å². The van der Waals surface area contributed by atoms with Gasteiger partial charge in [-0.15, -0.1) is 0 Å². The molecule has 2 aromatic carbocycles. The third kappa shape index (κ3) is 6.15. The predicted octanol–water partition coefficient (Wildman–Crippen LogP) is 4.66. The van der Waals surface area contributed by atoms with Crippen molar-refractivity contribution in [1.29, 1.82) is 0 Å². The Morgan fingerprint density at radius 2 is 1.69 bits per heavy atom. The number of nitrogens with zero attached hydrogens (tertiary/aromatic N) is 3. The molecule has 0 saturated carbocycles. The molecule has 0 amide bonds. The van der Waals surface area contributed by atoms with Gasteiger partial charge in [0.1, 0.15) is 24.8 Å². The molecule has 0 saturated heterocycles. The number of carbonyl (C=O) groups is 1. The molecule has 0 radical (unpaired) electrons. The molecule has 0 bridgehead atoms. The van der Waals surface area contributed by atoms with Crippen LogP contribution in [-0.4, -0.2) is 20.5 Å². The Bertz CT molecular complexity index is 1150. The minimum atomic E-state index is -0.422. The van der Waals surface area contributed by atoms with Crippen LogP contribution in [0.15, 0.2) is 97.5 Å². The summed E-state index contributed by atoms with van der Waals surface area (Å²) in [5.41, 5.74) is 2.90. The lowest BCUT2D eigenvalue weighted by molar-refractivity contribution is -0.139. The van der Waals surface area contributed by atoms with Crippen LogP contribution < -0.4 is 4.74 Å². The quantitative estimate of drug-likeness (QED) is 0.288. The highest BCUT2D eigenvalue weighted by Gasteiger charge is 2.06. The van der Waals surface area contributed by atoms with Gasteiger partial charge >= 0.3 is 5.97 Å². The first kappa shape index (κ1) is 21.1. The molecule has 6 nitrogen and oxygen atoms in total. The topological polar surface area (TPSA) is 66.2 Å². The lowest BCUT2D eigenvalue weighted by Gasteiger charge is -2.08. The molecule has 6 heteroatoms. The predicted molar refractivity (Wildman–Crippen MR) is 122 cm³/mol. The lowest BCUT2D eigenvalue weighted by atomic mass is 10.2. The van der Waals surface area contributed by atoms with Gasteiger partial charge in [-0.3, -0.25) is 4.98 Å².